The van der Waals surface area contributed by atoms with E-state index in [2.05, 4.69) is 29.4 Å². The Labute approximate surface area is 79.8 Å². The van der Waals surface area contributed by atoms with Gasteiger partial charge in [-0.15, -0.1) is 16.8 Å². The van der Waals surface area contributed by atoms with Gasteiger partial charge in [-0.3, -0.25) is 4.55 Å². The number of thiol groups is 1. The zero-order chi connectivity index (χ0) is 10.1. The van der Waals surface area contributed by atoms with Crippen LogP contribution in [0.25, 0.3) is 0 Å². The third-order valence-electron chi connectivity index (χ3n) is 1.21. The quantitative estimate of drug-likeness (QED) is 0.439. The molecule has 0 radical (unpaired) electrons. The summed E-state index contributed by atoms with van der Waals surface area (Å²) < 4.78 is 34.8. The van der Waals surface area contributed by atoms with Crippen molar-refractivity contribution in [3.8, 4) is 0 Å². The van der Waals surface area contributed by atoms with Crippen molar-refractivity contribution in [1.29, 1.82) is 0 Å². The van der Waals surface area contributed by atoms with Gasteiger partial charge in [0.25, 0.3) is 15.3 Å². The molecule has 1 N–H and O–H groups in total. The molecule has 1 aromatic heterocycles. The van der Waals surface area contributed by atoms with Crippen molar-refractivity contribution in [3.05, 3.63) is 18.5 Å². The van der Waals surface area contributed by atoms with Gasteiger partial charge in [-0.25, -0.2) is 0 Å². The van der Waals surface area contributed by atoms with E-state index in [9.17, 15) is 8.42 Å². The fourth-order valence-corrected chi connectivity index (χ4v) is 1.42. The maximum atomic E-state index is 10.7. The lowest BCUT2D eigenvalue weighted by molar-refractivity contribution is 0.406. The van der Waals surface area contributed by atoms with Gasteiger partial charge >= 0.3 is 0 Å². The van der Waals surface area contributed by atoms with E-state index in [1.54, 1.807) is 0 Å². The van der Waals surface area contributed by atoms with Gasteiger partial charge in [0.2, 0.25) is 5.89 Å². The maximum absolute atomic E-state index is 10.7. The van der Waals surface area contributed by atoms with Gasteiger partial charge in [0, 0.05) is 0 Å². The second-order valence-corrected chi connectivity index (χ2v) is 4.01. The molecule has 0 bridgehead atoms. The first-order valence-corrected chi connectivity index (χ1v) is 5.01. The smallest absolute Gasteiger partial charge is 0.280 e. The zero-order valence-corrected chi connectivity index (χ0v) is 7.99. The molecule has 0 fully saturated rings. The van der Waals surface area contributed by atoms with Gasteiger partial charge < -0.3 is 4.42 Å². The Hall–Kier alpha value is -0.860. The number of rotatable bonds is 3. The number of nitrogens with zero attached hydrogens (tertiary/aromatic N) is 2. The number of aromatic nitrogens is 2. The van der Waals surface area contributed by atoms with Crippen LogP contribution in [0, 0.1) is 0 Å². The van der Waals surface area contributed by atoms with E-state index in [0.717, 1.165) is 6.08 Å². The number of hydrogen-bond donors (Lipinski definition) is 2. The normalized spacial score (nSPS) is 14.0. The van der Waals surface area contributed by atoms with E-state index in [0.29, 0.717) is 0 Å². The topological polar surface area (TPSA) is 93.3 Å². The molecule has 8 heteroatoms. The first kappa shape index (κ1) is 10.2. The molecule has 0 aliphatic heterocycles. The molecule has 1 atom stereocenters. The van der Waals surface area contributed by atoms with E-state index in [1.807, 2.05) is 0 Å². The molecule has 1 unspecified atom stereocenters. The average Bonchev–Trinajstić information content (AvgIpc) is 2.34. The molecule has 0 aliphatic carbocycles. The van der Waals surface area contributed by atoms with Gasteiger partial charge in [0.15, 0.2) is 5.25 Å². The molecule has 1 aromatic rings. The Morgan fingerprint density at radius 3 is 2.54 bits per heavy atom. The largest absolute Gasteiger partial charge is 0.414 e. The molecule has 13 heavy (non-hydrogen) atoms. The second kappa shape index (κ2) is 3.48. The highest BCUT2D eigenvalue weighted by atomic mass is 32.2. The SMILES string of the molecule is C=CC(c1nnc(S)o1)S(=O)(=O)O. The third kappa shape index (κ3) is 2.29. The Morgan fingerprint density at radius 2 is 2.23 bits per heavy atom. The van der Waals surface area contributed by atoms with Crippen molar-refractivity contribution in [2.24, 2.45) is 0 Å². The monoisotopic (exact) mass is 222 g/mol. The summed E-state index contributed by atoms with van der Waals surface area (Å²) in [7, 11) is -4.30. The summed E-state index contributed by atoms with van der Waals surface area (Å²) >= 11 is 3.68. The lowest BCUT2D eigenvalue weighted by Crippen LogP contribution is -2.09. The predicted molar refractivity (Wildman–Crippen MR) is 46.0 cm³/mol. The molecule has 6 nitrogen and oxygen atoms in total. The summed E-state index contributed by atoms with van der Waals surface area (Å²) in [6.45, 7) is 3.22. The molecule has 0 amide bonds. The first-order chi connectivity index (χ1) is 5.95. The van der Waals surface area contributed by atoms with Crippen molar-refractivity contribution in [2.75, 3.05) is 0 Å². The lowest BCUT2D eigenvalue weighted by Gasteiger charge is -2.01. The Balaban J connectivity index is 3.12. The van der Waals surface area contributed by atoms with Crippen LogP contribution in [0.15, 0.2) is 22.3 Å². The van der Waals surface area contributed by atoms with Crippen LogP contribution < -0.4 is 0 Å². The standard InChI is InChI=1S/C5H6N2O4S2/c1-2-3(13(8,9)10)4-6-7-5(12)11-4/h2-3H,1H2,(H,7,12)(H,8,9,10). The molecule has 1 heterocycles. The molecular formula is C5H6N2O4S2. The minimum absolute atomic E-state index is 0.0782. The van der Waals surface area contributed by atoms with Crippen LogP contribution in [-0.4, -0.2) is 23.2 Å². The highest BCUT2D eigenvalue weighted by Gasteiger charge is 2.27. The van der Waals surface area contributed by atoms with Crippen molar-refractivity contribution in [2.45, 2.75) is 10.5 Å². The first-order valence-electron chi connectivity index (χ1n) is 3.06. The van der Waals surface area contributed by atoms with Crippen molar-refractivity contribution in [3.63, 3.8) is 0 Å². The van der Waals surface area contributed by atoms with Crippen molar-refractivity contribution in [1.82, 2.24) is 10.2 Å². The van der Waals surface area contributed by atoms with Gasteiger partial charge in [-0.1, -0.05) is 18.7 Å². The maximum Gasteiger partial charge on any atom is 0.280 e. The molecule has 72 valence electrons. The van der Waals surface area contributed by atoms with Crippen molar-refractivity contribution >= 4 is 22.7 Å². The Kier molecular flexibility index (Phi) is 2.74. The van der Waals surface area contributed by atoms with Crippen LogP contribution in [0.3, 0.4) is 0 Å². The highest BCUT2D eigenvalue weighted by Crippen LogP contribution is 2.21. The van der Waals surface area contributed by atoms with Crippen LogP contribution in [0.2, 0.25) is 0 Å². The molecule has 1 rings (SSSR count). The summed E-state index contributed by atoms with van der Waals surface area (Å²) in [5, 5.41) is 5.19. The summed E-state index contributed by atoms with van der Waals surface area (Å²) in [6.07, 6.45) is 0.982. The lowest BCUT2D eigenvalue weighted by atomic mass is 10.4. The van der Waals surface area contributed by atoms with Gasteiger partial charge in [0.05, 0.1) is 0 Å². The van der Waals surface area contributed by atoms with Crippen molar-refractivity contribution < 1.29 is 17.4 Å². The summed E-state index contributed by atoms with van der Waals surface area (Å²) in [5.41, 5.74) is 0. The van der Waals surface area contributed by atoms with Gasteiger partial charge in [0.1, 0.15) is 0 Å². The molecule has 0 aliphatic rings. The summed E-state index contributed by atoms with van der Waals surface area (Å²) in [4.78, 5) is 0. The van der Waals surface area contributed by atoms with Crippen LogP contribution in [0.1, 0.15) is 11.1 Å². The van der Waals surface area contributed by atoms with Gasteiger partial charge in [-0.05, 0) is 0 Å². The molecule has 0 aromatic carbocycles. The van der Waals surface area contributed by atoms with Crippen LogP contribution in [0.5, 0.6) is 0 Å². The molecule has 0 saturated carbocycles. The fraction of sp³-hybridized carbons (Fsp3) is 0.200. The minimum Gasteiger partial charge on any atom is -0.414 e. The Bertz CT molecular complexity index is 410. The predicted octanol–water partition coefficient (Wildman–Crippen LogP) is 0.473. The van der Waals surface area contributed by atoms with Crippen LogP contribution in [-0.2, 0) is 10.1 Å². The van der Waals surface area contributed by atoms with Crippen LogP contribution in [0.4, 0.5) is 0 Å². The molecule has 0 spiro atoms. The van der Waals surface area contributed by atoms with E-state index >= 15 is 0 Å². The average molecular weight is 222 g/mol. The highest BCUT2D eigenvalue weighted by molar-refractivity contribution is 7.86. The molecule has 0 saturated heterocycles. The van der Waals surface area contributed by atoms with Gasteiger partial charge in [-0.2, -0.15) is 8.42 Å². The third-order valence-corrected chi connectivity index (χ3v) is 2.42. The molecular weight excluding hydrogens is 216 g/mol. The summed E-state index contributed by atoms with van der Waals surface area (Å²) in [5.74, 6) is -0.262. The van der Waals surface area contributed by atoms with E-state index < -0.39 is 15.4 Å². The van der Waals surface area contributed by atoms with E-state index in [4.69, 9.17) is 8.97 Å². The van der Waals surface area contributed by atoms with E-state index in [-0.39, 0.29) is 11.1 Å². The second-order valence-electron chi connectivity index (χ2n) is 2.09. The van der Waals surface area contributed by atoms with Crippen LogP contribution >= 0.6 is 12.6 Å². The minimum atomic E-state index is -4.30. The summed E-state index contributed by atoms with van der Waals surface area (Å²) in [6, 6.07) is 0. The zero-order valence-electron chi connectivity index (χ0n) is 6.28. The Morgan fingerprint density at radius 1 is 1.62 bits per heavy atom. The number of hydrogen-bond acceptors (Lipinski definition) is 6. The fourth-order valence-electron chi connectivity index (χ4n) is 0.691. The van der Waals surface area contributed by atoms with E-state index in [1.165, 1.54) is 0 Å².